The number of carbonyl (C=O) groups excluding carboxylic acids is 1. The van der Waals surface area contributed by atoms with E-state index in [1.165, 1.54) is 5.56 Å². The van der Waals surface area contributed by atoms with Crippen LogP contribution in [0.5, 0.6) is 0 Å². The number of anilines is 2. The molecule has 1 aliphatic rings. The van der Waals surface area contributed by atoms with Gasteiger partial charge in [-0.25, -0.2) is 0 Å². The van der Waals surface area contributed by atoms with Crippen LogP contribution < -0.4 is 11.1 Å². The van der Waals surface area contributed by atoms with Crippen LogP contribution in [0.15, 0.2) is 88.7 Å². The Kier molecular flexibility index (Phi) is 8.31. The van der Waals surface area contributed by atoms with E-state index in [0.29, 0.717) is 0 Å². The van der Waals surface area contributed by atoms with Crippen molar-refractivity contribution >= 4 is 57.3 Å². The van der Waals surface area contributed by atoms with Crippen LogP contribution in [0.4, 0.5) is 11.4 Å². The van der Waals surface area contributed by atoms with Crippen LogP contribution in [-0.4, -0.2) is 28.2 Å². The van der Waals surface area contributed by atoms with Gasteiger partial charge in [0.1, 0.15) is 4.32 Å². The van der Waals surface area contributed by atoms with E-state index < -0.39 is 0 Å². The smallest absolute Gasteiger partial charge is 0.227 e. The fourth-order valence-corrected chi connectivity index (χ4v) is 5.68. The van der Waals surface area contributed by atoms with Crippen LogP contribution in [0.1, 0.15) is 18.4 Å². The van der Waals surface area contributed by atoms with Gasteiger partial charge < -0.3 is 16.0 Å². The molecule has 4 nitrogen and oxygen atoms in total. The first-order chi connectivity index (χ1) is 16.1. The number of benzene rings is 3. The number of piperidine rings is 1. The number of thioether (sulfide) groups is 1. The Morgan fingerprint density at radius 2 is 1.55 bits per heavy atom. The van der Waals surface area contributed by atoms with Crippen LogP contribution in [0, 0.1) is 5.92 Å². The topological polar surface area (TPSA) is 58.4 Å². The molecule has 7 heteroatoms. The molecule has 0 radical (unpaired) electrons. The fraction of sp³-hybridized carbons (Fsp3) is 0.231. The Morgan fingerprint density at radius 1 is 0.939 bits per heavy atom. The van der Waals surface area contributed by atoms with Gasteiger partial charge in [-0.15, -0.1) is 0 Å². The van der Waals surface area contributed by atoms with Crippen molar-refractivity contribution in [2.45, 2.75) is 28.4 Å². The van der Waals surface area contributed by atoms with Crippen molar-refractivity contribution in [1.29, 1.82) is 0 Å². The summed E-state index contributed by atoms with van der Waals surface area (Å²) in [5.74, 6) is 0.996. The first-order valence-corrected chi connectivity index (χ1v) is 13.2. The van der Waals surface area contributed by atoms with Gasteiger partial charge in [-0.2, -0.15) is 0 Å². The molecular formula is C26H27N3OS3. The van der Waals surface area contributed by atoms with Gasteiger partial charge in [-0.3, -0.25) is 4.79 Å². The summed E-state index contributed by atoms with van der Waals surface area (Å²) in [6.07, 6.45) is 1.64. The predicted octanol–water partition coefficient (Wildman–Crippen LogP) is 6.29. The molecule has 1 fully saturated rings. The molecule has 0 saturated carbocycles. The summed E-state index contributed by atoms with van der Waals surface area (Å²) in [4.78, 5) is 17.3. The van der Waals surface area contributed by atoms with Gasteiger partial charge in [0.25, 0.3) is 0 Å². The van der Waals surface area contributed by atoms with Crippen molar-refractivity contribution in [3.8, 4) is 0 Å². The summed E-state index contributed by atoms with van der Waals surface area (Å²) in [5, 5.41) is 3.08. The van der Waals surface area contributed by atoms with Gasteiger partial charge in [0.05, 0.1) is 0 Å². The van der Waals surface area contributed by atoms with Gasteiger partial charge in [-0.05, 0) is 66.9 Å². The Bertz CT molecular complexity index is 1060. The van der Waals surface area contributed by atoms with Gasteiger partial charge in [0.15, 0.2) is 0 Å². The molecule has 3 N–H and O–H groups in total. The molecule has 3 aromatic rings. The maximum atomic E-state index is 12.8. The molecule has 1 saturated heterocycles. The molecule has 1 amide bonds. The Balaban J connectivity index is 1.21. The molecule has 170 valence electrons. The molecule has 1 aliphatic heterocycles. The summed E-state index contributed by atoms with van der Waals surface area (Å²) in [6.45, 7) is 1.66. The van der Waals surface area contributed by atoms with Gasteiger partial charge >= 0.3 is 0 Å². The minimum absolute atomic E-state index is 0.0204. The van der Waals surface area contributed by atoms with Crippen molar-refractivity contribution in [2.24, 2.45) is 5.92 Å². The number of amides is 1. The summed E-state index contributed by atoms with van der Waals surface area (Å²) in [7, 11) is 0. The van der Waals surface area contributed by atoms with E-state index in [4.69, 9.17) is 18.0 Å². The van der Waals surface area contributed by atoms with Crippen LogP contribution in [0.3, 0.4) is 0 Å². The monoisotopic (exact) mass is 493 g/mol. The summed E-state index contributed by atoms with van der Waals surface area (Å²) in [5.41, 5.74) is 8.61. The first kappa shape index (κ1) is 23.7. The summed E-state index contributed by atoms with van der Waals surface area (Å²) in [6, 6.07) is 26.2. The minimum Gasteiger partial charge on any atom is -0.399 e. The molecule has 0 bridgehead atoms. The van der Waals surface area contributed by atoms with Crippen molar-refractivity contribution in [2.75, 3.05) is 24.1 Å². The number of carbonyl (C=O) groups is 1. The lowest BCUT2D eigenvalue weighted by Gasteiger charge is -2.32. The number of nitrogens with one attached hydrogen (secondary N) is 1. The summed E-state index contributed by atoms with van der Waals surface area (Å²) < 4.78 is 0.923. The van der Waals surface area contributed by atoms with Crippen LogP contribution in [-0.2, 0) is 10.5 Å². The number of nitrogens with two attached hydrogens (primary N) is 1. The molecule has 0 aliphatic carbocycles. The molecular weight excluding hydrogens is 467 g/mol. The van der Waals surface area contributed by atoms with Crippen molar-refractivity contribution in [1.82, 2.24) is 4.90 Å². The lowest BCUT2D eigenvalue weighted by molar-refractivity contribution is -0.120. The van der Waals surface area contributed by atoms with Crippen molar-refractivity contribution < 1.29 is 4.79 Å². The van der Waals surface area contributed by atoms with E-state index in [0.717, 1.165) is 57.2 Å². The van der Waals surface area contributed by atoms with E-state index in [-0.39, 0.29) is 11.8 Å². The van der Waals surface area contributed by atoms with Gasteiger partial charge in [0, 0.05) is 45.9 Å². The highest BCUT2D eigenvalue weighted by Crippen LogP contribution is 2.29. The van der Waals surface area contributed by atoms with E-state index in [1.807, 2.05) is 54.6 Å². The third-order valence-electron chi connectivity index (χ3n) is 5.57. The largest absolute Gasteiger partial charge is 0.399 e. The predicted molar refractivity (Wildman–Crippen MR) is 145 cm³/mol. The van der Waals surface area contributed by atoms with Crippen LogP contribution >= 0.6 is 35.7 Å². The number of thiocarbonyl (C=S) groups is 1. The molecule has 0 aromatic heterocycles. The van der Waals surface area contributed by atoms with Crippen LogP contribution in [0.2, 0.25) is 0 Å². The Labute approximate surface area is 209 Å². The molecule has 0 unspecified atom stereocenters. The zero-order valence-corrected chi connectivity index (χ0v) is 20.7. The first-order valence-electron chi connectivity index (χ1n) is 11.0. The second-order valence-corrected chi connectivity index (χ2v) is 10.7. The molecule has 1 heterocycles. The van der Waals surface area contributed by atoms with Crippen molar-refractivity contribution in [3.63, 3.8) is 0 Å². The average Bonchev–Trinajstić information content (AvgIpc) is 2.86. The molecule has 4 rings (SSSR count). The van der Waals surface area contributed by atoms with Crippen molar-refractivity contribution in [3.05, 3.63) is 84.4 Å². The lowest BCUT2D eigenvalue weighted by Crippen LogP contribution is -2.39. The highest BCUT2D eigenvalue weighted by atomic mass is 32.2. The molecule has 33 heavy (non-hydrogen) atoms. The quantitative estimate of drug-likeness (QED) is 0.311. The molecule has 0 atom stereocenters. The normalized spacial score (nSPS) is 14.1. The number of nitrogens with zero attached hydrogens (tertiary/aromatic N) is 1. The van der Waals surface area contributed by atoms with E-state index in [1.54, 1.807) is 23.5 Å². The maximum Gasteiger partial charge on any atom is 0.227 e. The second kappa shape index (κ2) is 11.6. The van der Waals surface area contributed by atoms with Crippen LogP contribution in [0.25, 0.3) is 0 Å². The molecule has 3 aromatic carbocycles. The maximum absolute atomic E-state index is 12.8. The average molecular weight is 494 g/mol. The number of hydrogen-bond donors (Lipinski definition) is 2. The number of rotatable bonds is 6. The van der Waals surface area contributed by atoms with E-state index in [2.05, 4.69) is 34.5 Å². The summed E-state index contributed by atoms with van der Waals surface area (Å²) >= 11 is 9.00. The second-order valence-electron chi connectivity index (χ2n) is 7.99. The third kappa shape index (κ3) is 7.00. The fourth-order valence-electron chi connectivity index (χ4n) is 3.66. The SMILES string of the molecule is Nc1ccc(Sc2ccc(NC(=O)C3CCN(C(=S)SCc4ccccc4)CC3)cc2)cc1. The minimum atomic E-state index is 0.0204. The van der Waals surface area contributed by atoms with E-state index >= 15 is 0 Å². The standard InChI is InChI=1S/C26H27N3OS3/c27-21-6-10-23(11-7-21)33-24-12-8-22(9-13-24)28-25(30)20-14-16-29(17-15-20)26(31)32-18-19-4-2-1-3-5-19/h1-13,20H,14-18,27H2,(H,28,30). The molecule has 0 spiro atoms. The number of hydrogen-bond acceptors (Lipinski definition) is 5. The zero-order chi connectivity index (χ0) is 23.0. The number of nitrogen functional groups attached to an aromatic ring is 1. The lowest BCUT2D eigenvalue weighted by atomic mass is 9.96. The Morgan fingerprint density at radius 3 is 2.18 bits per heavy atom. The van der Waals surface area contributed by atoms with E-state index in [9.17, 15) is 4.79 Å². The van der Waals surface area contributed by atoms with Gasteiger partial charge in [0.2, 0.25) is 5.91 Å². The zero-order valence-electron chi connectivity index (χ0n) is 18.3. The Hall–Kier alpha value is -2.48. The third-order valence-corrected chi connectivity index (χ3v) is 8.18. The number of likely N-dealkylation sites (tertiary alicyclic amines) is 1. The highest BCUT2D eigenvalue weighted by Gasteiger charge is 2.26. The highest BCUT2D eigenvalue weighted by molar-refractivity contribution is 8.22. The van der Waals surface area contributed by atoms with Gasteiger partial charge in [-0.1, -0.05) is 66.1 Å².